The van der Waals surface area contributed by atoms with Crippen LogP contribution in [0.15, 0.2) is 35.5 Å². The van der Waals surface area contributed by atoms with Crippen molar-refractivity contribution in [2.75, 3.05) is 11.4 Å². The number of benzene rings is 2. The summed E-state index contributed by atoms with van der Waals surface area (Å²) in [5, 5.41) is 8.87. The van der Waals surface area contributed by atoms with Gasteiger partial charge in [-0.2, -0.15) is 4.31 Å². The Labute approximate surface area is 252 Å². The molecule has 1 aliphatic carbocycles. The maximum atomic E-state index is 15.3. The highest BCUT2D eigenvalue weighted by molar-refractivity contribution is 7.89. The number of hydrogen-bond acceptors (Lipinski definition) is 7. The molecule has 2 aliphatic rings. The molecule has 1 saturated carbocycles. The van der Waals surface area contributed by atoms with Crippen molar-refractivity contribution in [2.24, 2.45) is 0 Å². The molecule has 0 bridgehead atoms. The van der Waals surface area contributed by atoms with Gasteiger partial charge in [0.15, 0.2) is 28.2 Å². The number of carbonyl (C=O) groups excluding carboxylic acids is 2. The Morgan fingerprint density at radius 2 is 1.56 bits per heavy atom. The zero-order valence-electron chi connectivity index (χ0n) is 23.2. The summed E-state index contributed by atoms with van der Waals surface area (Å²) >= 11 is 0. The summed E-state index contributed by atoms with van der Waals surface area (Å²) in [4.78, 5) is 33.0. The molecule has 2 heterocycles. The van der Waals surface area contributed by atoms with Crippen LogP contribution in [0, 0.1) is 34.9 Å². The lowest BCUT2D eigenvalue weighted by atomic mass is 9.87. The number of nitrogens with zero attached hydrogens (tertiary/aromatic N) is 4. The predicted octanol–water partition coefficient (Wildman–Crippen LogP) is 4.47. The first-order valence-electron chi connectivity index (χ1n) is 13.8. The molecule has 5 rings (SSSR count). The summed E-state index contributed by atoms with van der Waals surface area (Å²) in [7, 11) is -5.47. The van der Waals surface area contributed by atoms with Crippen molar-refractivity contribution in [1.82, 2.24) is 19.8 Å². The van der Waals surface area contributed by atoms with Gasteiger partial charge in [0.2, 0.25) is 21.7 Å². The van der Waals surface area contributed by atoms with E-state index >= 15 is 4.39 Å². The Morgan fingerprint density at radius 1 is 0.911 bits per heavy atom. The van der Waals surface area contributed by atoms with Gasteiger partial charge in [0.25, 0.3) is 5.91 Å². The number of sulfonamides is 1. The van der Waals surface area contributed by atoms with E-state index in [2.05, 4.69) is 9.97 Å². The van der Waals surface area contributed by atoms with Gasteiger partial charge >= 0.3 is 0 Å². The first-order valence-corrected chi connectivity index (χ1v) is 15.2. The van der Waals surface area contributed by atoms with Crippen LogP contribution in [0.3, 0.4) is 0 Å². The first-order chi connectivity index (χ1) is 21.4. The highest BCUT2D eigenvalue weighted by atomic mass is 32.2. The molecule has 2 fully saturated rings. The van der Waals surface area contributed by atoms with Gasteiger partial charge in [-0.15, -0.1) is 0 Å². The Kier molecular flexibility index (Phi) is 9.14. The van der Waals surface area contributed by atoms with Crippen molar-refractivity contribution in [2.45, 2.75) is 61.9 Å². The molecule has 1 unspecified atom stereocenters. The van der Waals surface area contributed by atoms with E-state index in [9.17, 15) is 40.0 Å². The van der Waals surface area contributed by atoms with Crippen LogP contribution in [-0.4, -0.2) is 52.3 Å². The van der Waals surface area contributed by atoms with Crippen LogP contribution in [0.1, 0.15) is 66.2 Å². The quantitative estimate of drug-likeness (QED) is 0.120. The molecule has 3 aromatic rings. The lowest BCUT2D eigenvalue weighted by molar-refractivity contribution is -0.125. The van der Waals surface area contributed by atoms with E-state index in [0.717, 1.165) is 54.8 Å². The Bertz CT molecular complexity index is 1730. The highest BCUT2D eigenvalue weighted by Gasteiger charge is 2.48. The molecule has 2 N–H and O–H groups in total. The molecule has 45 heavy (non-hydrogen) atoms. The van der Waals surface area contributed by atoms with Crippen LogP contribution in [0.5, 0.6) is 0 Å². The number of anilines is 1. The molecule has 1 aromatic heterocycles. The average Bonchev–Trinajstić information content (AvgIpc) is 3.01. The van der Waals surface area contributed by atoms with Crippen LogP contribution in [0.4, 0.5) is 32.0 Å². The van der Waals surface area contributed by atoms with Crippen LogP contribution in [-0.2, 0) is 21.4 Å². The molecular weight excluding hydrogens is 632 g/mol. The zero-order valence-corrected chi connectivity index (χ0v) is 24.1. The maximum Gasteiger partial charge on any atom is 0.274 e. The van der Waals surface area contributed by atoms with E-state index in [4.69, 9.17) is 5.21 Å². The molecule has 2 amide bonds. The van der Waals surface area contributed by atoms with Crippen molar-refractivity contribution in [3.63, 3.8) is 0 Å². The minimum Gasteiger partial charge on any atom is -0.302 e. The number of amides is 2. The minimum absolute atomic E-state index is 0.146. The van der Waals surface area contributed by atoms with E-state index in [1.807, 2.05) is 0 Å². The standard InChI is InChI=1S/C28H25F6N5O5S/c29-17-10-15(27(40)37-42)6-7-19(17)38(13-16-11-36-18(12-35-16)14-4-2-1-3-5-14)28(41)20-8-9-39(20)45(43,44)26-24(33)22(31)21(30)23(32)25(26)34/h6-7,10-12,14,20,42H,1-5,8-9,13H2,(H,37,40). The van der Waals surface area contributed by atoms with Gasteiger partial charge in [-0.05, 0) is 37.5 Å². The van der Waals surface area contributed by atoms with Crippen molar-refractivity contribution in [3.05, 3.63) is 82.4 Å². The van der Waals surface area contributed by atoms with Gasteiger partial charge in [-0.1, -0.05) is 19.3 Å². The van der Waals surface area contributed by atoms with Gasteiger partial charge in [-0.25, -0.2) is 40.2 Å². The largest absolute Gasteiger partial charge is 0.302 e. The number of carbonyl (C=O) groups is 2. The maximum absolute atomic E-state index is 15.3. The molecule has 240 valence electrons. The lowest BCUT2D eigenvalue weighted by Crippen LogP contribution is -2.59. The second-order valence-corrected chi connectivity index (χ2v) is 12.4. The number of nitrogens with one attached hydrogen (secondary N) is 1. The molecule has 1 aliphatic heterocycles. The topological polar surface area (TPSA) is 133 Å². The fraction of sp³-hybridized carbons (Fsp3) is 0.357. The first kappa shape index (κ1) is 32.3. The van der Waals surface area contributed by atoms with E-state index in [-0.39, 0.29) is 27.9 Å². The van der Waals surface area contributed by atoms with Crippen LogP contribution in [0.25, 0.3) is 0 Å². The van der Waals surface area contributed by atoms with Crippen molar-refractivity contribution in [1.29, 1.82) is 0 Å². The third-order valence-corrected chi connectivity index (χ3v) is 9.86. The fourth-order valence-corrected chi connectivity index (χ4v) is 7.18. The van der Waals surface area contributed by atoms with Gasteiger partial charge < -0.3 is 4.90 Å². The molecule has 0 spiro atoms. The van der Waals surface area contributed by atoms with Crippen LogP contribution in [0.2, 0.25) is 0 Å². The number of halogens is 6. The number of hydroxylamine groups is 1. The smallest absolute Gasteiger partial charge is 0.274 e. The third kappa shape index (κ3) is 5.98. The van der Waals surface area contributed by atoms with Crippen molar-refractivity contribution >= 4 is 27.5 Å². The summed E-state index contributed by atoms with van der Waals surface area (Å²) in [6.45, 7) is -1.01. The van der Waals surface area contributed by atoms with Gasteiger partial charge in [0.05, 0.1) is 29.8 Å². The monoisotopic (exact) mass is 657 g/mol. The Hall–Kier alpha value is -4.09. The highest BCUT2D eigenvalue weighted by Crippen LogP contribution is 2.36. The minimum atomic E-state index is -5.47. The molecule has 10 nitrogen and oxygen atoms in total. The number of rotatable bonds is 8. The van der Waals surface area contributed by atoms with E-state index in [1.165, 1.54) is 17.9 Å². The molecule has 1 saturated heterocycles. The molecule has 17 heteroatoms. The molecule has 1 atom stereocenters. The van der Waals surface area contributed by atoms with Gasteiger partial charge in [-0.3, -0.25) is 24.8 Å². The molecule has 0 radical (unpaired) electrons. The van der Waals surface area contributed by atoms with Gasteiger partial charge in [0, 0.05) is 24.2 Å². The molecular formula is C28H25F6N5O5S. The summed E-state index contributed by atoms with van der Waals surface area (Å²) in [6.07, 6.45) is 7.66. The number of hydrogen-bond donors (Lipinski definition) is 2. The fourth-order valence-electron chi connectivity index (χ4n) is 5.44. The second-order valence-electron chi connectivity index (χ2n) is 10.6. The summed E-state index contributed by atoms with van der Waals surface area (Å²) in [6, 6.07) is 1.03. The summed E-state index contributed by atoms with van der Waals surface area (Å²) in [5.74, 6) is -15.9. The van der Waals surface area contributed by atoms with Crippen molar-refractivity contribution < 1.29 is 49.6 Å². The van der Waals surface area contributed by atoms with E-state index in [1.54, 1.807) is 0 Å². The van der Waals surface area contributed by atoms with Crippen LogP contribution >= 0.6 is 0 Å². The van der Waals surface area contributed by atoms with Crippen LogP contribution < -0.4 is 10.4 Å². The lowest BCUT2D eigenvalue weighted by Gasteiger charge is -2.41. The van der Waals surface area contributed by atoms with E-state index < -0.39 is 86.5 Å². The average molecular weight is 658 g/mol. The number of aromatic nitrogens is 2. The van der Waals surface area contributed by atoms with E-state index in [0.29, 0.717) is 6.07 Å². The normalized spacial score (nSPS) is 17.5. The predicted molar refractivity (Wildman–Crippen MR) is 143 cm³/mol. The van der Waals surface area contributed by atoms with Crippen molar-refractivity contribution in [3.8, 4) is 0 Å². The summed E-state index contributed by atoms with van der Waals surface area (Å²) < 4.78 is 112. The third-order valence-electron chi connectivity index (χ3n) is 7.93. The Morgan fingerprint density at radius 3 is 2.09 bits per heavy atom. The second kappa shape index (κ2) is 12.7. The molecule has 2 aromatic carbocycles. The SMILES string of the molecule is O=C(NO)c1ccc(N(Cc2cnc(C3CCCCC3)cn2)C(=O)C2CCN2S(=O)(=O)c2c(F)c(F)c(F)c(F)c2F)c(F)c1. The zero-order chi connectivity index (χ0) is 32.6. The Balaban J connectivity index is 1.49. The summed E-state index contributed by atoms with van der Waals surface area (Å²) in [5.41, 5.74) is 1.40. The van der Waals surface area contributed by atoms with Gasteiger partial charge in [0.1, 0.15) is 11.9 Å².